The molecule has 1 aliphatic carbocycles. The topological polar surface area (TPSA) is 41.1 Å². The maximum atomic E-state index is 12.3. The van der Waals surface area contributed by atoms with Gasteiger partial charge in [-0.3, -0.25) is 4.79 Å². The van der Waals surface area contributed by atoms with E-state index in [0.29, 0.717) is 6.04 Å². The monoisotopic (exact) mass is 274 g/mol. The Hall–Kier alpha value is -1.51. The van der Waals surface area contributed by atoms with Crippen molar-refractivity contribution in [3.05, 3.63) is 29.3 Å². The fourth-order valence-electron chi connectivity index (χ4n) is 2.87. The predicted molar refractivity (Wildman–Crippen MR) is 84.2 cm³/mol. The van der Waals surface area contributed by atoms with Gasteiger partial charge in [0.2, 0.25) is 0 Å². The predicted octanol–water partition coefficient (Wildman–Crippen LogP) is 3.74. The van der Waals surface area contributed by atoms with Crippen LogP contribution in [0.3, 0.4) is 0 Å². The van der Waals surface area contributed by atoms with Crippen LogP contribution in [-0.4, -0.2) is 18.5 Å². The number of nitrogens with one attached hydrogen (secondary N) is 2. The molecule has 1 aliphatic rings. The Morgan fingerprint density at radius 3 is 2.75 bits per heavy atom. The molecular formula is C17H26N2O. The van der Waals surface area contributed by atoms with Crippen LogP contribution in [0.15, 0.2) is 18.2 Å². The van der Waals surface area contributed by atoms with Crippen molar-refractivity contribution in [3.8, 4) is 0 Å². The standard InChI is InChI=1S/C17H26N2O/c1-4-9-18-16-8-6-14(11-13(16)3)17(20)19-15-7-5-12(2)10-15/h6,8,11-12,15,18H,4-5,7,9-10H2,1-3H3,(H,19,20). The lowest BCUT2D eigenvalue weighted by molar-refractivity contribution is 0.0937. The van der Waals surface area contributed by atoms with Gasteiger partial charge in [-0.2, -0.15) is 0 Å². The largest absolute Gasteiger partial charge is 0.385 e. The van der Waals surface area contributed by atoms with E-state index in [2.05, 4.69) is 24.5 Å². The molecule has 0 aliphatic heterocycles. The molecule has 2 atom stereocenters. The number of carbonyl (C=O) groups is 1. The highest BCUT2D eigenvalue weighted by Gasteiger charge is 2.23. The molecule has 0 saturated heterocycles. The number of carbonyl (C=O) groups excluding carboxylic acids is 1. The third-order valence-corrected chi connectivity index (χ3v) is 4.08. The molecule has 0 spiro atoms. The summed E-state index contributed by atoms with van der Waals surface area (Å²) in [5, 5.41) is 6.53. The number of amides is 1. The smallest absolute Gasteiger partial charge is 0.251 e. The van der Waals surface area contributed by atoms with E-state index < -0.39 is 0 Å². The van der Waals surface area contributed by atoms with Crippen molar-refractivity contribution in [2.75, 3.05) is 11.9 Å². The third kappa shape index (κ3) is 3.75. The van der Waals surface area contributed by atoms with E-state index in [1.54, 1.807) is 0 Å². The van der Waals surface area contributed by atoms with Gasteiger partial charge in [0.1, 0.15) is 0 Å². The van der Waals surface area contributed by atoms with Gasteiger partial charge in [0.05, 0.1) is 0 Å². The normalized spacial score (nSPS) is 21.8. The van der Waals surface area contributed by atoms with Gasteiger partial charge in [-0.15, -0.1) is 0 Å². The zero-order valence-corrected chi connectivity index (χ0v) is 12.8. The number of anilines is 1. The lowest BCUT2D eigenvalue weighted by atomic mass is 10.1. The second-order valence-electron chi connectivity index (χ2n) is 6.05. The molecule has 0 aromatic heterocycles. The molecule has 1 aromatic rings. The quantitative estimate of drug-likeness (QED) is 0.859. The molecule has 2 unspecified atom stereocenters. The molecule has 0 bridgehead atoms. The highest BCUT2D eigenvalue weighted by Crippen LogP contribution is 2.25. The van der Waals surface area contributed by atoms with Crippen LogP contribution in [-0.2, 0) is 0 Å². The second-order valence-corrected chi connectivity index (χ2v) is 6.05. The Labute approximate surface area is 122 Å². The second kappa shape index (κ2) is 6.78. The molecule has 1 aromatic carbocycles. The number of hydrogen-bond acceptors (Lipinski definition) is 2. The minimum Gasteiger partial charge on any atom is -0.385 e. The Kier molecular flexibility index (Phi) is 5.05. The molecule has 1 fully saturated rings. The maximum Gasteiger partial charge on any atom is 0.251 e. The van der Waals surface area contributed by atoms with Crippen LogP contribution >= 0.6 is 0 Å². The van der Waals surface area contributed by atoms with Crippen LogP contribution in [0.2, 0.25) is 0 Å². The van der Waals surface area contributed by atoms with Crippen molar-refractivity contribution in [1.82, 2.24) is 5.32 Å². The van der Waals surface area contributed by atoms with Crippen LogP contribution in [0.5, 0.6) is 0 Å². The number of benzene rings is 1. The average Bonchev–Trinajstić information content (AvgIpc) is 2.82. The maximum absolute atomic E-state index is 12.3. The van der Waals surface area contributed by atoms with E-state index in [1.807, 2.05) is 25.1 Å². The summed E-state index contributed by atoms with van der Waals surface area (Å²) < 4.78 is 0. The van der Waals surface area contributed by atoms with Gasteiger partial charge in [0.25, 0.3) is 5.91 Å². The summed E-state index contributed by atoms with van der Waals surface area (Å²) in [4.78, 5) is 12.3. The van der Waals surface area contributed by atoms with E-state index >= 15 is 0 Å². The Morgan fingerprint density at radius 1 is 1.35 bits per heavy atom. The first-order valence-corrected chi connectivity index (χ1v) is 7.75. The van der Waals surface area contributed by atoms with Gasteiger partial charge in [0, 0.05) is 23.8 Å². The minimum atomic E-state index is 0.0641. The SMILES string of the molecule is CCCNc1ccc(C(=O)NC2CCC(C)C2)cc1C. The van der Waals surface area contributed by atoms with Crippen LogP contribution in [0.25, 0.3) is 0 Å². The van der Waals surface area contributed by atoms with Crippen LogP contribution < -0.4 is 10.6 Å². The average molecular weight is 274 g/mol. The van der Waals surface area contributed by atoms with Gasteiger partial charge in [-0.25, -0.2) is 0 Å². The van der Waals surface area contributed by atoms with E-state index in [0.717, 1.165) is 48.5 Å². The molecule has 2 rings (SSSR count). The number of hydrogen-bond donors (Lipinski definition) is 2. The van der Waals surface area contributed by atoms with Crippen molar-refractivity contribution in [3.63, 3.8) is 0 Å². The zero-order chi connectivity index (χ0) is 14.5. The summed E-state index contributed by atoms with van der Waals surface area (Å²) in [6.07, 6.45) is 4.55. The first kappa shape index (κ1) is 14.9. The van der Waals surface area contributed by atoms with E-state index in [4.69, 9.17) is 0 Å². The van der Waals surface area contributed by atoms with Gasteiger partial charge in [0.15, 0.2) is 0 Å². The van der Waals surface area contributed by atoms with Crippen molar-refractivity contribution < 1.29 is 4.79 Å². The van der Waals surface area contributed by atoms with Gasteiger partial charge in [-0.05, 0) is 62.3 Å². The van der Waals surface area contributed by atoms with Crippen molar-refractivity contribution in [2.24, 2.45) is 5.92 Å². The lowest BCUT2D eigenvalue weighted by Crippen LogP contribution is -2.32. The van der Waals surface area contributed by atoms with Gasteiger partial charge >= 0.3 is 0 Å². The minimum absolute atomic E-state index is 0.0641. The lowest BCUT2D eigenvalue weighted by Gasteiger charge is -2.14. The van der Waals surface area contributed by atoms with E-state index in [1.165, 1.54) is 6.42 Å². The highest BCUT2D eigenvalue weighted by atomic mass is 16.1. The number of aryl methyl sites for hydroxylation is 1. The molecule has 0 radical (unpaired) electrons. The molecule has 0 heterocycles. The van der Waals surface area contributed by atoms with E-state index in [-0.39, 0.29) is 5.91 Å². The third-order valence-electron chi connectivity index (χ3n) is 4.08. The molecule has 20 heavy (non-hydrogen) atoms. The summed E-state index contributed by atoms with van der Waals surface area (Å²) in [7, 11) is 0. The fraction of sp³-hybridized carbons (Fsp3) is 0.588. The molecule has 3 heteroatoms. The molecular weight excluding hydrogens is 248 g/mol. The summed E-state index contributed by atoms with van der Waals surface area (Å²) in [6, 6.07) is 6.26. The summed E-state index contributed by atoms with van der Waals surface area (Å²) in [5.41, 5.74) is 3.02. The summed E-state index contributed by atoms with van der Waals surface area (Å²) in [6.45, 7) is 7.41. The molecule has 110 valence electrons. The Balaban J connectivity index is 1.98. The summed E-state index contributed by atoms with van der Waals surface area (Å²) >= 11 is 0. The van der Waals surface area contributed by atoms with Crippen LogP contribution in [0, 0.1) is 12.8 Å². The van der Waals surface area contributed by atoms with Crippen LogP contribution in [0.4, 0.5) is 5.69 Å². The molecule has 2 N–H and O–H groups in total. The first-order valence-electron chi connectivity index (χ1n) is 7.75. The highest BCUT2D eigenvalue weighted by molar-refractivity contribution is 5.95. The van der Waals surface area contributed by atoms with Crippen molar-refractivity contribution in [2.45, 2.75) is 52.5 Å². The molecule has 3 nitrogen and oxygen atoms in total. The Morgan fingerprint density at radius 2 is 2.15 bits per heavy atom. The Bertz CT molecular complexity index is 470. The molecule has 1 amide bonds. The first-order chi connectivity index (χ1) is 9.60. The van der Waals surface area contributed by atoms with E-state index in [9.17, 15) is 4.79 Å². The summed E-state index contributed by atoms with van der Waals surface area (Å²) in [5.74, 6) is 0.803. The number of rotatable bonds is 5. The zero-order valence-electron chi connectivity index (χ0n) is 12.8. The van der Waals surface area contributed by atoms with Crippen molar-refractivity contribution >= 4 is 11.6 Å². The van der Waals surface area contributed by atoms with Gasteiger partial charge in [-0.1, -0.05) is 13.8 Å². The molecule has 1 saturated carbocycles. The van der Waals surface area contributed by atoms with Crippen molar-refractivity contribution in [1.29, 1.82) is 0 Å². The van der Waals surface area contributed by atoms with Gasteiger partial charge < -0.3 is 10.6 Å². The fourth-order valence-corrected chi connectivity index (χ4v) is 2.87. The van der Waals surface area contributed by atoms with Crippen LogP contribution in [0.1, 0.15) is 55.5 Å².